The fraction of sp³-hybridized carbons (Fsp3) is 0.333. The van der Waals surface area contributed by atoms with Gasteiger partial charge in [-0.05, 0) is 34.1 Å². The zero-order valence-electron chi connectivity index (χ0n) is 12.4. The van der Waals surface area contributed by atoms with E-state index < -0.39 is 11.7 Å². The van der Waals surface area contributed by atoms with Crippen LogP contribution in [0.4, 0.5) is 19.0 Å². The second-order valence-corrected chi connectivity index (χ2v) is 6.19. The molecule has 1 fully saturated rings. The highest BCUT2D eigenvalue weighted by Crippen LogP contribution is 2.37. The predicted molar refractivity (Wildman–Crippen MR) is 83.8 cm³/mol. The lowest BCUT2D eigenvalue weighted by Crippen LogP contribution is -2.49. The third-order valence-corrected chi connectivity index (χ3v) is 4.17. The fourth-order valence-electron chi connectivity index (χ4n) is 2.57. The van der Waals surface area contributed by atoms with E-state index in [0.29, 0.717) is 13.1 Å². The second kappa shape index (κ2) is 6.46. The minimum atomic E-state index is -4.49. The normalized spacial score (nSPS) is 15.7. The Bertz CT molecular complexity index is 726. The number of amides is 1. The predicted octanol–water partition coefficient (Wildman–Crippen LogP) is 3.42. The molecule has 2 aromatic heterocycles. The lowest BCUT2D eigenvalue weighted by molar-refractivity contribution is -0.137. The minimum Gasteiger partial charge on any atom is -0.459 e. The van der Waals surface area contributed by atoms with E-state index in [0.717, 1.165) is 6.07 Å². The molecule has 0 unspecified atom stereocenters. The van der Waals surface area contributed by atoms with Gasteiger partial charge >= 0.3 is 6.18 Å². The van der Waals surface area contributed by atoms with Gasteiger partial charge in [-0.2, -0.15) is 13.2 Å². The summed E-state index contributed by atoms with van der Waals surface area (Å²) in [6, 6.07) is 4.19. The number of anilines is 1. The average molecular weight is 404 g/mol. The fourth-order valence-corrected chi connectivity index (χ4v) is 2.90. The van der Waals surface area contributed by atoms with Gasteiger partial charge in [0.1, 0.15) is 5.82 Å². The number of carbonyl (C=O) groups excluding carboxylic acids is 1. The summed E-state index contributed by atoms with van der Waals surface area (Å²) in [4.78, 5) is 19.2. The van der Waals surface area contributed by atoms with Crippen LogP contribution >= 0.6 is 15.9 Å². The van der Waals surface area contributed by atoms with Crippen LogP contribution in [0.1, 0.15) is 16.1 Å². The minimum absolute atomic E-state index is 0.115. The molecule has 24 heavy (non-hydrogen) atoms. The molecular formula is C15H13BrF3N3O2. The first-order chi connectivity index (χ1) is 11.4. The van der Waals surface area contributed by atoms with Crippen LogP contribution in [0.2, 0.25) is 0 Å². The van der Waals surface area contributed by atoms with E-state index in [1.165, 1.54) is 12.5 Å². The van der Waals surface area contributed by atoms with E-state index in [-0.39, 0.29) is 35.0 Å². The van der Waals surface area contributed by atoms with E-state index in [4.69, 9.17) is 4.42 Å². The number of alkyl halides is 3. The summed E-state index contributed by atoms with van der Waals surface area (Å²) in [5, 5.41) is 0. The number of halogens is 4. The number of furan rings is 1. The number of piperazine rings is 1. The second-order valence-electron chi connectivity index (χ2n) is 5.28. The van der Waals surface area contributed by atoms with E-state index in [1.54, 1.807) is 21.9 Å². The summed E-state index contributed by atoms with van der Waals surface area (Å²) in [7, 11) is 0. The molecule has 0 saturated carbocycles. The molecule has 2 aromatic rings. The third-order valence-electron chi connectivity index (χ3n) is 3.74. The number of pyridine rings is 1. The SMILES string of the molecule is O=C(c1ccco1)N1CCN(c2ncc(Br)cc2C(F)(F)F)CC1. The number of rotatable bonds is 2. The quantitative estimate of drug-likeness (QED) is 0.770. The smallest absolute Gasteiger partial charge is 0.419 e. The van der Waals surface area contributed by atoms with E-state index in [9.17, 15) is 18.0 Å². The van der Waals surface area contributed by atoms with Gasteiger partial charge in [0.2, 0.25) is 0 Å². The molecule has 3 heterocycles. The molecule has 0 radical (unpaired) electrons. The van der Waals surface area contributed by atoms with Crippen molar-refractivity contribution in [3.8, 4) is 0 Å². The number of carbonyl (C=O) groups is 1. The van der Waals surface area contributed by atoms with Gasteiger partial charge in [0.25, 0.3) is 5.91 Å². The molecule has 1 amide bonds. The lowest BCUT2D eigenvalue weighted by Gasteiger charge is -2.36. The topological polar surface area (TPSA) is 49.6 Å². The van der Waals surface area contributed by atoms with Crippen LogP contribution in [-0.4, -0.2) is 42.0 Å². The molecule has 3 rings (SSSR count). The van der Waals surface area contributed by atoms with Crippen LogP contribution in [0.3, 0.4) is 0 Å². The van der Waals surface area contributed by atoms with Crippen LogP contribution in [-0.2, 0) is 6.18 Å². The standard InChI is InChI=1S/C15H13BrF3N3O2/c16-10-8-11(15(17,18)19)13(20-9-10)21-3-5-22(6-4-21)14(23)12-2-1-7-24-12/h1-2,7-9H,3-6H2. The summed E-state index contributed by atoms with van der Waals surface area (Å²) in [6.45, 7) is 1.14. The molecule has 0 bridgehead atoms. The van der Waals surface area contributed by atoms with Crippen molar-refractivity contribution < 1.29 is 22.4 Å². The van der Waals surface area contributed by atoms with Gasteiger partial charge in [0.15, 0.2) is 5.76 Å². The molecule has 0 N–H and O–H groups in total. The molecule has 128 valence electrons. The third kappa shape index (κ3) is 3.40. The zero-order chi connectivity index (χ0) is 17.3. The Kier molecular flexibility index (Phi) is 4.53. The molecule has 1 saturated heterocycles. The molecule has 5 nitrogen and oxygen atoms in total. The Morgan fingerprint density at radius 1 is 1.25 bits per heavy atom. The van der Waals surface area contributed by atoms with Gasteiger partial charge in [-0.25, -0.2) is 4.98 Å². The van der Waals surface area contributed by atoms with Crippen LogP contribution in [0.15, 0.2) is 39.5 Å². The van der Waals surface area contributed by atoms with Crippen molar-refractivity contribution in [3.63, 3.8) is 0 Å². The summed E-state index contributed by atoms with van der Waals surface area (Å²) in [6.07, 6.45) is -1.75. The molecule has 0 aliphatic carbocycles. The number of hydrogen-bond acceptors (Lipinski definition) is 4. The van der Waals surface area contributed by atoms with E-state index >= 15 is 0 Å². The van der Waals surface area contributed by atoms with Gasteiger partial charge in [-0.1, -0.05) is 0 Å². The molecule has 0 spiro atoms. The highest BCUT2D eigenvalue weighted by atomic mass is 79.9. The molecule has 9 heteroatoms. The summed E-state index contributed by atoms with van der Waals surface area (Å²) in [5.74, 6) is -0.156. The van der Waals surface area contributed by atoms with Gasteiger partial charge in [-0.3, -0.25) is 4.79 Å². The van der Waals surface area contributed by atoms with Crippen LogP contribution in [0.5, 0.6) is 0 Å². The Hall–Kier alpha value is -2.03. The summed E-state index contributed by atoms with van der Waals surface area (Å²) in [5.41, 5.74) is -0.789. The first-order valence-electron chi connectivity index (χ1n) is 7.17. The maximum absolute atomic E-state index is 13.2. The van der Waals surface area contributed by atoms with Crippen LogP contribution < -0.4 is 4.90 Å². The van der Waals surface area contributed by atoms with Gasteiger partial charge in [0.05, 0.1) is 11.8 Å². The largest absolute Gasteiger partial charge is 0.459 e. The lowest BCUT2D eigenvalue weighted by atomic mass is 10.2. The maximum atomic E-state index is 13.2. The molecule has 1 aliphatic rings. The van der Waals surface area contributed by atoms with Crippen molar-refractivity contribution in [1.29, 1.82) is 0 Å². The maximum Gasteiger partial charge on any atom is 0.419 e. The van der Waals surface area contributed by atoms with Gasteiger partial charge in [-0.15, -0.1) is 0 Å². The summed E-state index contributed by atoms with van der Waals surface area (Å²) < 4.78 is 45.0. The first-order valence-corrected chi connectivity index (χ1v) is 7.96. The summed E-state index contributed by atoms with van der Waals surface area (Å²) >= 11 is 3.02. The number of aromatic nitrogens is 1. The first kappa shape index (κ1) is 16.8. The van der Waals surface area contributed by atoms with Crippen molar-refractivity contribution in [1.82, 2.24) is 9.88 Å². The Labute approximate surface area is 144 Å². The molecule has 0 aromatic carbocycles. The molecule has 1 aliphatic heterocycles. The van der Waals surface area contributed by atoms with Crippen LogP contribution in [0.25, 0.3) is 0 Å². The Morgan fingerprint density at radius 2 is 1.96 bits per heavy atom. The number of hydrogen-bond donors (Lipinski definition) is 0. The van der Waals surface area contributed by atoms with E-state index in [2.05, 4.69) is 20.9 Å². The molecular weight excluding hydrogens is 391 g/mol. The highest BCUT2D eigenvalue weighted by Gasteiger charge is 2.37. The van der Waals surface area contributed by atoms with Crippen molar-refractivity contribution in [2.24, 2.45) is 0 Å². The monoisotopic (exact) mass is 403 g/mol. The van der Waals surface area contributed by atoms with Crippen molar-refractivity contribution in [3.05, 3.63) is 46.5 Å². The Morgan fingerprint density at radius 3 is 2.54 bits per heavy atom. The van der Waals surface area contributed by atoms with E-state index in [1.807, 2.05) is 0 Å². The zero-order valence-corrected chi connectivity index (χ0v) is 14.0. The van der Waals surface area contributed by atoms with Gasteiger partial charge in [0, 0.05) is 36.8 Å². The van der Waals surface area contributed by atoms with Crippen molar-refractivity contribution >= 4 is 27.7 Å². The number of nitrogens with zero attached hydrogens (tertiary/aromatic N) is 3. The van der Waals surface area contributed by atoms with Crippen molar-refractivity contribution in [2.45, 2.75) is 6.18 Å². The van der Waals surface area contributed by atoms with Gasteiger partial charge < -0.3 is 14.2 Å². The molecule has 0 atom stereocenters. The Balaban J connectivity index is 1.75. The highest BCUT2D eigenvalue weighted by molar-refractivity contribution is 9.10. The van der Waals surface area contributed by atoms with Crippen LogP contribution in [0, 0.1) is 0 Å². The average Bonchev–Trinajstić information content (AvgIpc) is 3.08. The van der Waals surface area contributed by atoms with Crippen molar-refractivity contribution in [2.75, 3.05) is 31.1 Å².